The van der Waals surface area contributed by atoms with Crippen LogP contribution in [0.25, 0.3) is 0 Å². The van der Waals surface area contributed by atoms with E-state index in [-0.39, 0.29) is 6.04 Å². The molecule has 1 atom stereocenters. The van der Waals surface area contributed by atoms with Crippen molar-refractivity contribution in [3.05, 3.63) is 41.9 Å². The summed E-state index contributed by atoms with van der Waals surface area (Å²) in [7, 11) is 3.58. The number of hydrogen-bond acceptors (Lipinski definition) is 4. The van der Waals surface area contributed by atoms with Gasteiger partial charge in [-0.2, -0.15) is 5.10 Å². The number of rotatable bonds is 6. The van der Waals surface area contributed by atoms with Crippen LogP contribution in [-0.2, 0) is 13.5 Å². The molecule has 2 aromatic rings. The Morgan fingerprint density at radius 2 is 2.26 bits per heavy atom. The van der Waals surface area contributed by atoms with Crippen LogP contribution < -0.4 is 10.1 Å². The standard InChI is InChI=1S/C14H20N4O/c1-4-15-13(10-11-7-9-18(2)17-11)12-6-5-8-16-14(12)19-3/h5-9,13,15H,4,10H2,1-3H3. The maximum absolute atomic E-state index is 5.34. The number of nitrogens with one attached hydrogen (secondary N) is 1. The summed E-state index contributed by atoms with van der Waals surface area (Å²) in [6.45, 7) is 2.98. The lowest BCUT2D eigenvalue weighted by Gasteiger charge is -2.19. The highest BCUT2D eigenvalue weighted by Crippen LogP contribution is 2.24. The Kier molecular flexibility index (Phi) is 4.52. The molecule has 0 aromatic carbocycles. The molecule has 0 bridgehead atoms. The van der Waals surface area contributed by atoms with Gasteiger partial charge in [-0.25, -0.2) is 4.98 Å². The molecular weight excluding hydrogens is 240 g/mol. The first-order chi connectivity index (χ1) is 9.24. The van der Waals surface area contributed by atoms with Gasteiger partial charge in [-0.3, -0.25) is 4.68 Å². The molecule has 0 aliphatic carbocycles. The highest BCUT2D eigenvalue weighted by atomic mass is 16.5. The summed E-state index contributed by atoms with van der Waals surface area (Å²) in [6.07, 6.45) is 4.52. The Hall–Kier alpha value is -1.88. The number of hydrogen-bond donors (Lipinski definition) is 1. The fourth-order valence-electron chi connectivity index (χ4n) is 2.16. The molecule has 0 amide bonds. The molecule has 102 valence electrons. The van der Waals surface area contributed by atoms with Gasteiger partial charge in [-0.15, -0.1) is 0 Å². The van der Waals surface area contributed by atoms with E-state index in [1.165, 1.54) is 0 Å². The normalized spacial score (nSPS) is 12.4. The number of ether oxygens (including phenoxy) is 1. The van der Waals surface area contributed by atoms with E-state index in [0.717, 1.165) is 24.2 Å². The zero-order valence-electron chi connectivity index (χ0n) is 11.6. The molecule has 19 heavy (non-hydrogen) atoms. The topological polar surface area (TPSA) is 52.0 Å². The van der Waals surface area contributed by atoms with Gasteiger partial charge in [0.25, 0.3) is 0 Å². The summed E-state index contributed by atoms with van der Waals surface area (Å²) < 4.78 is 7.16. The highest BCUT2D eigenvalue weighted by molar-refractivity contribution is 5.30. The minimum absolute atomic E-state index is 0.156. The largest absolute Gasteiger partial charge is 0.481 e. The minimum Gasteiger partial charge on any atom is -0.481 e. The first-order valence-corrected chi connectivity index (χ1v) is 6.45. The van der Waals surface area contributed by atoms with E-state index in [2.05, 4.69) is 22.3 Å². The summed E-state index contributed by atoms with van der Waals surface area (Å²) in [6, 6.07) is 6.17. The number of aromatic nitrogens is 3. The van der Waals surface area contributed by atoms with Crippen LogP contribution >= 0.6 is 0 Å². The van der Waals surface area contributed by atoms with Crippen LogP contribution in [0.2, 0.25) is 0 Å². The molecule has 0 aliphatic heterocycles. The van der Waals surface area contributed by atoms with Crippen molar-refractivity contribution in [2.45, 2.75) is 19.4 Å². The molecule has 1 unspecified atom stereocenters. The third-order valence-corrected chi connectivity index (χ3v) is 3.00. The van der Waals surface area contributed by atoms with Gasteiger partial charge in [-0.1, -0.05) is 13.0 Å². The van der Waals surface area contributed by atoms with E-state index >= 15 is 0 Å². The van der Waals surface area contributed by atoms with E-state index in [1.807, 2.05) is 36.1 Å². The van der Waals surface area contributed by atoms with Gasteiger partial charge in [-0.05, 0) is 18.7 Å². The van der Waals surface area contributed by atoms with E-state index in [9.17, 15) is 0 Å². The molecule has 0 saturated carbocycles. The van der Waals surface area contributed by atoms with E-state index in [4.69, 9.17) is 4.74 Å². The Bertz CT molecular complexity index is 524. The molecule has 2 rings (SSSR count). The van der Waals surface area contributed by atoms with Gasteiger partial charge in [0, 0.05) is 37.5 Å². The lowest BCUT2D eigenvalue weighted by molar-refractivity contribution is 0.382. The number of nitrogens with zero attached hydrogens (tertiary/aromatic N) is 3. The van der Waals surface area contributed by atoms with E-state index in [1.54, 1.807) is 13.3 Å². The Labute approximate surface area is 113 Å². The average Bonchev–Trinajstić information content (AvgIpc) is 2.84. The van der Waals surface area contributed by atoms with Crippen LogP contribution in [0, 0.1) is 0 Å². The van der Waals surface area contributed by atoms with Crippen LogP contribution in [0.3, 0.4) is 0 Å². The maximum Gasteiger partial charge on any atom is 0.217 e. The van der Waals surface area contributed by atoms with Crippen molar-refractivity contribution < 1.29 is 4.74 Å². The third kappa shape index (κ3) is 3.32. The molecule has 2 heterocycles. The lowest BCUT2D eigenvalue weighted by Crippen LogP contribution is -2.24. The zero-order valence-corrected chi connectivity index (χ0v) is 11.6. The second-order valence-electron chi connectivity index (χ2n) is 4.40. The van der Waals surface area contributed by atoms with Crippen LogP contribution in [0.1, 0.15) is 24.2 Å². The Morgan fingerprint density at radius 1 is 1.42 bits per heavy atom. The van der Waals surface area contributed by atoms with Crippen LogP contribution in [0.15, 0.2) is 30.6 Å². The summed E-state index contributed by atoms with van der Waals surface area (Å²) >= 11 is 0. The van der Waals surface area contributed by atoms with Gasteiger partial charge in [0.2, 0.25) is 5.88 Å². The van der Waals surface area contributed by atoms with Gasteiger partial charge in [0.15, 0.2) is 0 Å². The Balaban J connectivity index is 2.23. The summed E-state index contributed by atoms with van der Waals surface area (Å²) in [5, 5.41) is 7.89. The van der Waals surface area contributed by atoms with Crippen molar-refractivity contribution in [3.8, 4) is 5.88 Å². The summed E-state index contributed by atoms with van der Waals surface area (Å²) in [5.74, 6) is 0.671. The third-order valence-electron chi connectivity index (χ3n) is 3.00. The number of aryl methyl sites for hydroxylation is 1. The molecule has 5 heteroatoms. The van der Waals surface area contributed by atoms with E-state index in [0.29, 0.717) is 5.88 Å². The number of methoxy groups -OCH3 is 1. The zero-order chi connectivity index (χ0) is 13.7. The molecule has 1 N–H and O–H groups in total. The summed E-state index contributed by atoms with van der Waals surface area (Å²) in [5.41, 5.74) is 2.12. The Morgan fingerprint density at radius 3 is 2.89 bits per heavy atom. The number of likely N-dealkylation sites (N-methyl/N-ethyl adjacent to an activating group) is 1. The van der Waals surface area contributed by atoms with Crippen molar-refractivity contribution in [1.29, 1.82) is 0 Å². The van der Waals surface area contributed by atoms with Crippen molar-refractivity contribution in [1.82, 2.24) is 20.1 Å². The average molecular weight is 260 g/mol. The van der Waals surface area contributed by atoms with Crippen LogP contribution in [0.5, 0.6) is 5.88 Å². The van der Waals surface area contributed by atoms with E-state index < -0.39 is 0 Å². The highest BCUT2D eigenvalue weighted by Gasteiger charge is 2.17. The van der Waals surface area contributed by atoms with Crippen LogP contribution in [-0.4, -0.2) is 28.4 Å². The fourth-order valence-corrected chi connectivity index (χ4v) is 2.16. The van der Waals surface area contributed by atoms with Crippen molar-refractivity contribution in [2.75, 3.05) is 13.7 Å². The quantitative estimate of drug-likeness (QED) is 0.859. The molecule has 0 aliphatic rings. The summed E-state index contributed by atoms with van der Waals surface area (Å²) in [4.78, 5) is 4.26. The molecule has 0 fully saturated rings. The second kappa shape index (κ2) is 6.33. The monoisotopic (exact) mass is 260 g/mol. The molecule has 0 radical (unpaired) electrons. The van der Waals surface area contributed by atoms with Gasteiger partial charge < -0.3 is 10.1 Å². The van der Waals surface area contributed by atoms with Gasteiger partial charge >= 0.3 is 0 Å². The number of pyridine rings is 1. The molecule has 0 spiro atoms. The molecule has 2 aromatic heterocycles. The van der Waals surface area contributed by atoms with Crippen molar-refractivity contribution in [3.63, 3.8) is 0 Å². The first kappa shape index (κ1) is 13.5. The predicted molar refractivity (Wildman–Crippen MR) is 74.1 cm³/mol. The predicted octanol–water partition coefficient (Wildman–Crippen LogP) is 1.72. The molecule has 5 nitrogen and oxygen atoms in total. The first-order valence-electron chi connectivity index (χ1n) is 6.45. The maximum atomic E-state index is 5.34. The minimum atomic E-state index is 0.156. The second-order valence-corrected chi connectivity index (χ2v) is 4.40. The van der Waals surface area contributed by atoms with Crippen molar-refractivity contribution in [2.24, 2.45) is 7.05 Å². The van der Waals surface area contributed by atoms with Gasteiger partial charge in [0.05, 0.1) is 12.8 Å². The van der Waals surface area contributed by atoms with Crippen LogP contribution in [0.4, 0.5) is 0 Å². The lowest BCUT2D eigenvalue weighted by atomic mass is 10.0. The van der Waals surface area contributed by atoms with Gasteiger partial charge in [0.1, 0.15) is 0 Å². The fraction of sp³-hybridized carbons (Fsp3) is 0.429. The smallest absolute Gasteiger partial charge is 0.217 e. The molecular formula is C14H20N4O. The molecule has 0 saturated heterocycles. The SMILES string of the molecule is CCNC(Cc1ccn(C)n1)c1cccnc1OC. The van der Waals surface area contributed by atoms with Crippen molar-refractivity contribution >= 4 is 0 Å².